The minimum absolute atomic E-state index is 0.00285. The van der Waals surface area contributed by atoms with Crippen molar-refractivity contribution in [3.63, 3.8) is 0 Å². The molecule has 0 radical (unpaired) electrons. The van der Waals surface area contributed by atoms with Gasteiger partial charge in [-0.15, -0.1) is 0 Å². The van der Waals surface area contributed by atoms with Gasteiger partial charge >= 0.3 is 5.97 Å². The second kappa shape index (κ2) is 7.87. The lowest BCUT2D eigenvalue weighted by Crippen LogP contribution is -2.48. The standard InChI is InChI=1S/C14H24N2O4/c1-9(2)12(14(19)20)16-11(17)8-15-13(18)10-6-4-3-5-7-10/h9-10,12H,3-8H2,1-2H3,(H,15,18)(H,16,17)(H,19,20)/t12-/m1/s1. The lowest BCUT2D eigenvalue weighted by molar-refractivity contribution is -0.143. The van der Waals surface area contributed by atoms with Crippen LogP contribution in [0.1, 0.15) is 46.0 Å². The Hall–Kier alpha value is -1.59. The minimum Gasteiger partial charge on any atom is -0.480 e. The average molecular weight is 284 g/mol. The highest BCUT2D eigenvalue weighted by molar-refractivity contribution is 5.88. The third-order valence-corrected chi connectivity index (χ3v) is 3.65. The van der Waals surface area contributed by atoms with Crippen LogP contribution < -0.4 is 10.6 Å². The van der Waals surface area contributed by atoms with Crippen LogP contribution >= 0.6 is 0 Å². The first-order valence-electron chi connectivity index (χ1n) is 7.21. The van der Waals surface area contributed by atoms with Crippen LogP contribution in [0.3, 0.4) is 0 Å². The van der Waals surface area contributed by atoms with Gasteiger partial charge < -0.3 is 15.7 Å². The second-order valence-corrected chi connectivity index (χ2v) is 5.68. The monoisotopic (exact) mass is 284 g/mol. The van der Waals surface area contributed by atoms with Crippen LogP contribution in [0.15, 0.2) is 0 Å². The van der Waals surface area contributed by atoms with Crippen LogP contribution in [0.4, 0.5) is 0 Å². The highest BCUT2D eigenvalue weighted by Gasteiger charge is 2.25. The summed E-state index contributed by atoms with van der Waals surface area (Å²) in [6.45, 7) is 3.28. The van der Waals surface area contributed by atoms with Crippen LogP contribution in [0.25, 0.3) is 0 Å². The Morgan fingerprint density at radius 3 is 2.25 bits per heavy atom. The van der Waals surface area contributed by atoms with Gasteiger partial charge in [-0.05, 0) is 18.8 Å². The molecule has 114 valence electrons. The fraction of sp³-hybridized carbons (Fsp3) is 0.786. The molecule has 0 spiro atoms. The molecule has 1 rings (SSSR count). The van der Waals surface area contributed by atoms with E-state index in [2.05, 4.69) is 10.6 Å². The highest BCUT2D eigenvalue weighted by Crippen LogP contribution is 2.23. The van der Waals surface area contributed by atoms with Crippen molar-refractivity contribution in [1.29, 1.82) is 0 Å². The molecule has 1 fully saturated rings. The molecule has 0 heterocycles. The molecule has 6 nitrogen and oxygen atoms in total. The number of aliphatic carboxylic acids is 1. The smallest absolute Gasteiger partial charge is 0.326 e. The van der Waals surface area contributed by atoms with Crippen molar-refractivity contribution in [1.82, 2.24) is 10.6 Å². The maximum atomic E-state index is 11.8. The highest BCUT2D eigenvalue weighted by atomic mass is 16.4. The summed E-state index contributed by atoms with van der Waals surface area (Å²) in [5.74, 6) is -1.83. The van der Waals surface area contributed by atoms with Gasteiger partial charge in [0, 0.05) is 5.92 Å². The third kappa shape index (κ3) is 5.19. The fourth-order valence-electron chi connectivity index (χ4n) is 2.41. The summed E-state index contributed by atoms with van der Waals surface area (Å²) in [6.07, 6.45) is 5.02. The predicted octanol–water partition coefficient (Wildman–Crippen LogP) is 0.908. The SMILES string of the molecule is CC(C)[C@@H](NC(=O)CNC(=O)C1CCCCC1)C(=O)O. The van der Waals surface area contributed by atoms with Crippen molar-refractivity contribution in [3.05, 3.63) is 0 Å². The van der Waals surface area contributed by atoms with E-state index in [0.29, 0.717) is 0 Å². The molecule has 2 amide bonds. The van der Waals surface area contributed by atoms with Crippen molar-refractivity contribution in [2.24, 2.45) is 11.8 Å². The average Bonchev–Trinajstić information content (AvgIpc) is 2.42. The summed E-state index contributed by atoms with van der Waals surface area (Å²) in [6, 6.07) is -0.922. The number of carbonyl (C=O) groups is 3. The normalized spacial score (nSPS) is 17.6. The Morgan fingerprint density at radius 2 is 1.75 bits per heavy atom. The maximum absolute atomic E-state index is 11.8. The predicted molar refractivity (Wildman–Crippen MR) is 74.0 cm³/mol. The van der Waals surface area contributed by atoms with Gasteiger partial charge in [-0.2, -0.15) is 0 Å². The van der Waals surface area contributed by atoms with E-state index in [4.69, 9.17) is 5.11 Å². The zero-order chi connectivity index (χ0) is 15.1. The lowest BCUT2D eigenvalue weighted by atomic mass is 9.89. The zero-order valence-corrected chi connectivity index (χ0v) is 12.1. The first kappa shape index (κ1) is 16.5. The van der Waals surface area contributed by atoms with E-state index < -0.39 is 17.9 Å². The van der Waals surface area contributed by atoms with E-state index >= 15 is 0 Å². The van der Waals surface area contributed by atoms with Gasteiger partial charge in [0.1, 0.15) is 6.04 Å². The Bertz CT molecular complexity index is 362. The summed E-state index contributed by atoms with van der Waals surface area (Å²) in [4.78, 5) is 34.5. The maximum Gasteiger partial charge on any atom is 0.326 e. The first-order chi connectivity index (χ1) is 9.41. The topological polar surface area (TPSA) is 95.5 Å². The largest absolute Gasteiger partial charge is 0.480 e. The number of carbonyl (C=O) groups excluding carboxylic acids is 2. The summed E-state index contributed by atoms with van der Waals surface area (Å²) in [7, 11) is 0. The van der Waals surface area contributed by atoms with Crippen LogP contribution in [0, 0.1) is 11.8 Å². The van der Waals surface area contributed by atoms with Crippen LogP contribution in [-0.4, -0.2) is 35.5 Å². The number of rotatable bonds is 6. The Balaban J connectivity index is 2.34. The van der Waals surface area contributed by atoms with Gasteiger partial charge in [-0.25, -0.2) is 4.79 Å². The summed E-state index contributed by atoms with van der Waals surface area (Å²) in [5, 5.41) is 14.0. The van der Waals surface area contributed by atoms with Crippen molar-refractivity contribution in [3.8, 4) is 0 Å². The van der Waals surface area contributed by atoms with Crippen LogP contribution in [0.2, 0.25) is 0 Å². The summed E-state index contributed by atoms with van der Waals surface area (Å²) in [5.41, 5.74) is 0. The van der Waals surface area contributed by atoms with Crippen LogP contribution in [-0.2, 0) is 14.4 Å². The van der Waals surface area contributed by atoms with E-state index in [9.17, 15) is 14.4 Å². The molecule has 0 saturated heterocycles. The molecule has 1 saturated carbocycles. The first-order valence-corrected chi connectivity index (χ1v) is 7.21. The molecule has 0 aromatic rings. The second-order valence-electron chi connectivity index (χ2n) is 5.68. The van der Waals surface area contributed by atoms with Crippen molar-refractivity contribution in [2.75, 3.05) is 6.54 Å². The Kier molecular flexibility index (Phi) is 6.48. The molecule has 20 heavy (non-hydrogen) atoms. The minimum atomic E-state index is -1.06. The molecule has 0 aromatic heterocycles. The van der Waals surface area contributed by atoms with Gasteiger partial charge in [-0.1, -0.05) is 33.1 Å². The number of hydrogen-bond donors (Lipinski definition) is 3. The molecule has 1 aliphatic rings. The fourth-order valence-corrected chi connectivity index (χ4v) is 2.41. The van der Waals surface area contributed by atoms with Gasteiger partial charge in [0.25, 0.3) is 0 Å². The van der Waals surface area contributed by atoms with E-state index in [1.54, 1.807) is 13.8 Å². The number of amides is 2. The van der Waals surface area contributed by atoms with E-state index in [1.165, 1.54) is 6.42 Å². The molecule has 0 aliphatic heterocycles. The van der Waals surface area contributed by atoms with Gasteiger partial charge in [0.2, 0.25) is 11.8 Å². The number of carboxylic acid groups (broad SMARTS) is 1. The molecular formula is C14H24N2O4. The van der Waals surface area contributed by atoms with E-state index in [0.717, 1.165) is 25.7 Å². The quantitative estimate of drug-likeness (QED) is 0.675. The van der Waals surface area contributed by atoms with E-state index in [1.807, 2.05) is 0 Å². The summed E-state index contributed by atoms with van der Waals surface area (Å²) >= 11 is 0. The number of hydrogen-bond acceptors (Lipinski definition) is 3. The molecule has 0 unspecified atom stereocenters. The van der Waals surface area contributed by atoms with E-state index in [-0.39, 0.29) is 24.3 Å². The van der Waals surface area contributed by atoms with Gasteiger partial charge in [0.05, 0.1) is 6.54 Å². The lowest BCUT2D eigenvalue weighted by Gasteiger charge is -2.21. The van der Waals surface area contributed by atoms with Crippen molar-refractivity contribution >= 4 is 17.8 Å². The molecule has 3 N–H and O–H groups in total. The molecular weight excluding hydrogens is 260 g/mol. The van der Waals surface area contributed by atoms with Gasteiger partial charge in [0.15, 0.2) is 0 Å². The Morgan fingerprint density at radius 1 is 1.15 bits per heavy atom. The van der Waals surface area contributed by atoms with Crippen molar-refractivity contribution in [2.45, 2.75) is 52.0 Å². The Labute approximate surface area is 119 Å². The summed E-state index contributed by atoms with van der Waals surface area (Å²) < 4.78 is 0. The van der Waals surface area contributed by atoms with Gasteiger partial charge in [-0.3, -0.25) is 9.59 Å². The van der Waals surface area contributed by atoms with Crippen LogP contribution in [0.5, 0.6) is 0 Å². The van der Waals surface area contributed by atoms with Crippen molar-refractivity contribution < 1.29 is 19.5 Å². The number of carboxylic acids is 1. The molecule has 0 bridgehead atoms. The third-order valence-electron chi connectivity index (χ3n) is 3.65. The molecule has 1 aliphatic carbocycles. The molecule has 1 atom stereocenters. The number of nitrogens with one attached hydrogen (secondary N) is 2. The zero-order valence-electron chi connectivity index (χ0n) is 12.1. The molecule has 0 aromatic carbocycles. The molecule has 6 heteroatoms.